The predicted octanol–water partition coefficient (Wildman–Crippen LogP) is 4.44. The Morgan fingerprint density at radius 1 is 1.06 bits per heavy atom. The Balaban J connectivity index is 1.55. The topological polar surface area (TPSA) is 76.1 Å². The van der Waals surface area contributed by atoms with Gasteiger partial charge in [0.1, 0.15) is 19.0 Å². The number of benzene rings is 2. The van der Waals surface area contributed by atoms with Gasteiger partial charge in [-0.2, -0.15) is 0 Å². The Morgan fingerprint density at radius 2 is 1.72 bits per heavy atom. The first-order chi connectivity index (χ1) is 15.3. The van der Waals surface area contributed by atoms with Crippen LogP contribution in [0.1, 0.15) is 38.8 Å². The van der Waals surface area contributed by atoms with Gasteiger partial charge in [-0.3, -0.25) is 4.79 Å². The molecule has 0 aliphatic carbocycles. The van der Waals surface area contributed by atoms with Crippen molar-refractivity contribution in [2.45, 2.75) is 52.9 Å². The lowest BCUT2D eigenvalue weighted by Crippen LogP contribution is -2.47. The summed E-state index contributed by atoms with van der Waals surface area (Å²) in [7, 11) is 0. The number of cyclic esters (lactones) is 1. The smallest absolute Gasteiger partial charge is 0.416 e. The van der Waals surface area contributed by atoms with Gasteiger partial charge in [-0.05, 0) is 41.5 Å². The first-order valence-corrected chi connectivity index (χ1v) is 11.2. The van der Waals surface area contributed by atoms with E-state index in [-0.39, 0.29) is 30.4 Å². The molecule has 2 amide bonds. The third-order valence-electron chi connectivity index (χ3n) is 6.13. The van der Waals surface area contributed by atoms with Gasteiger partial charge in [0.05, 0.1) is 18.1 Å². The number of rotatable bonds is 9. The third-order valence-corrected chi connectivity index (χ3v) is 6.13. The summed E-state index contributed by atoms with van der Waals surface area (Å²) in [4.78, 5) is 26.2. The van der Waals surface area contributed by atoms with E-state index in [4.69, 9.17) is 9.47 Å². The van der Waals surface area contributed by atoms with E-state index in [9.17, 15) is 14.7 Å². The van der Waals surface area contributed by atoms with Crippen molar-refractivity contribution in [3.63, 3.8) is 0 Å². The molecule has 0 aromatic heterocycles. The Bertz CT molecular complexity index is 896. The van der Waals surface area contributed by atoms with Crippen LogP contribution in [-0.2, 0) is 22.6 Å². The van der Waals surface area contributed by atoms with Gasteiger partial charge in [-0.1, -0.05) is 70.2 Å². The fraction of sp³-hybridized carbons (Fsp3) is 0.462. The monoisotopic (exact) mass is 439 g/mol. The van der Waals surface area contributed by atoms with Gasteiger partial charge in [-0.15, -0.1) is 0 Å². The molecule has 6 nitrogen and oxygen atoms in total. The van der Waals surface area contributed by atoms with Crippen LogP contribution in [0.15, 0.2) is 54.6 Å². The van der Waals surface area contributed by atoms with Crippen LogP contribution in [0.25, 0.3) is 0 Å². The number of amides is 2. The Hall–Kier alpha value is -2.86. The van der Waals surface area contributed by atoms with Crippen molar-refractivity contribution in [1.82, 2.24) is 4.90 Å². The first kappa shape index (κ1) is 23.8. The molecule has 6 heteroatoms. The van der Waals surface area contributed by atoms with Crippen molar-refractivity contribution >= 4 is 12.0 Å². The quantitative estimate of drug-likeness (QED) is 0.625. The number of carbonyl (C=O) groups is 2. The second-order valence-corrected chi connectivity index (χ2v) is 8.98. The molecule has 2 aromatic carbocycles. The van der Waals surface area contributed by atoms with Crippen molar-refractivity contribution in [1.29, 1.82) is 0 Å². The lowest BCUT2D eigenvalue weighted by molar-refractivity contribution is -0.138. The fourth-order valence-electron chi connectivity index (χ4n) is 3.99. The number of carbonyl (C=O) groups excluding carboxylic acids is 2. The third kappa shape index (κ3) is 5.68. The van der Waals surface area contributed by atoms with Gasteiger partial charge >= 0.3 is 6.09 Å². The maximum Gasteiger partial charge on any atom is 0.416 e. The molecule has 4 atom stereocenters. The Labute approximate surface area is 190 Å². The number of imide groups is 1. The number of hydrogen-bond donors (Lipinski definition) is 1. The standard InChI is InChI=1S/C26H33NO5/c1-17(2)23-16-32-26(30)27(23)25(29)19(4)24(28)18(3)14-20-10-12-22(13-11-20)31-15-21-8-6-5-7-9-21/h5-13,17-19,23-24,28H,14-16H2,1-4H3/t18-,19+,23-,24-/m0/s1. The highest BCUT2D eigenvalue weighted by Crippen LogP contribution is 2.26. The number of hydrogen-bond acceptors (Lipinski definition) is 5. The molecule has 1 N–H and O–H groups in total. The molecule has 0 saturated carbocycles. The minimum Gasteiger partial charge on any atom is -0.489 e. The summed E-state index contributed by atoms with van der Waals surface area (Å²) in [5, 5.41) is 10.8. The average Bonchev–Trinajstić information content (AvgIpc) is 3.19. The van der Waals surface area contributed by atoms with Crippen molar-refractivity contribution < 1.29 is 24.2 Å². The second kappa shape index (κ2) is 10.6. The maximum absolute atomic E-state index is 13.0. The number of aliphatic hydroxyl groups excluding tert-OH is 1. The first-order valence-electron chi connectivity index (χ1n) is 11.2. The minimum atomic E-state index is -0.877. The van der Waals surface area contributed by atoms with Crippen LogP contribution >= 0.6 is 0 Å². The van der Waals surface area contributed by atoms with Crippen molar-refractivity contribution in [3.8, 4) is 5.75 Å². The van der Waals surface area contributed by atoms with E-state index in [0.717, 1.165) is 16.9 Å². The van der Waals surface area contributed by atoms with Gasteiger partial charge in [0.15, 0.2) is 0 Å². The second-order valence-electron chi connectivity index (χ2n) is 8.98. The zero-order valence-electron chi connectivity index (χ0n) is 19.2. The molecule has 0 unspecified atom stereocenters. The normalized spacial score (nSPS) is 18.9. The van der Waals surface area contributed by atoms with E-state index in [1.165, 1.54) is 4.90 Å². The Morgan fingerprint density at radius 3 is 2.34 bits per heavy atom. The number of ether oxygens (including phenoxy) is 2. The minimum absolute atomic E-state index is 0.0924. The molecule has 1 heterocycles. The SMILES string of the molecule is CC(C)[C@@H]1COC(=O)N1C(=O)[C@H](C)[C@@H](O)[C@@H](C)Cc1ccc(OCc2ccccc2)cc1. The van der Waals surface area contributed by atoms with Crippen molar-refractivity contribution in [2.75, 3.05) is 6.61 Å². The largest absolute Gasteiger partial charge is 0.489 e. The lowest BCUT2D eigenvalue weighted by atomic mass is 9.87. The zero-order valence-corrected chi connectivity index (χ0v) is 19.2. The van der Waals surface area contributed by atoms with E-state index >= 15 is 0 Å². The molecule has 0 bridgehead atoms. The van der Waals surface area contributed by atoms with Crippen molar-refractivity contribution in [2.24, 2.45) is 17.8 Å². The van der Waals surface area contributed by atoms with Crippen LogP contribution in [0, 0.1) is 17.8 Å². The summed E-state index contributed by atoms with van der Waals surface area (Å²) in [6, 6.07) is 17.5. The van der Waals surface area contributed by atoms with Crippen molar-refractivity contribution in [3.05, 3.63) is 65.7 Å². The zero-order chi connectivity index (χ0) is 23.3. The molecule has 32 heavy (non-hydrogen) atoms. The predicted molar refractivity (Wildman–Crippen MR) is 122 cm³/mol. The molecular weight excluding hydrogens is 406 g/mol. The highest BCUT2D eigenvalue weighted by molar-refractivity contribution is 5.95. The molecule has 2 aromatic rings. The molecule has 0 radical (unpaired) electrons. The molecule has 172 valence electrons. The van der Waals surface area contributed by atoms with E-state index < -0.39 is 18.1 Å². The van der Waals surface area contributed by atoms with E-state index in [1.807, 2.05) is 75.4 Å². The summed E-state index contributed by atoms with van der Waals surface area (Å²) in [6.45, 7) is 8.20. The maximum atomic E-state index is 13.0. The van der Waals surface area contributed by atoms with Crippen LogP contribution in [0.4, 0.5) is 4.79 Å². The van der Waals surface area contributed by atoms with Gasteiger partial charge < -0.3 is 14.6 Å². The van der Waals surface area contributed by atoms with Crippen LogP contribution < -0.4 is 4.74 Å². The highest BCUT2D eigenvalue weighted by Gasteiger charge is 2.43. The average molecular weight is 440 g/mol. The lowest BCUT2D eigenvalue weighted by Gasteiger charge is -2.29. The summed E-state index contributed by atoms with van der Waals surface area (Å²) in [6.07, 6.45) is -0.889. The Kier molecular flexibility index (Phi) is 7.91. The van der Waals surface area contributed by atoms with E-state index in [2.05, 4.69) is 0 Å². The molecule has 0 spiro atoms. The van der Waals surface area contributed by atoms with Crippen LogP contribution in [-0.4, -0.2) is 40.8 Å². The molecular formula is C26H33NO5. The van der Waals surface area contributed by atoms with Gasteiger partial charge in [-0.25, -0.2) is 9.69 Å². The number of nitrogens with zero attached hydrogens (tertiary/aromatic N) is 1. The summed E-state index contributed by atoms with van der Waals surface area (Å²) in [5.41, 5.74) is 2.15. The van der Waals surface area contributed by atoms with Gasteiger partial charge in [0.25, 0.3) is 0 Å². The molecule has 3 rings (SSSR count). The van der Waals surface area contributed by atoms with Gasteiger partial charge in [0, 0.05) is 0 Å². The molecule has 1 aliphatic rings. The molecule has 1 fully saturated rings. The summed E-state index contributed by atoms with van der Waals surface area (Å²) in [5.74, 6) is -0.377. The van der Waals surface area contributed by atoms with Crippen LogP contribution in [0.2, 0.25) is 0 Å². The fourth-order valence-corrected chi connectivity index (χ4v) is 3.99. The van der Waals surface area contributed by atoms with E-state index in [1.54, 1.807) is 6.92 Å². The summed E-state index contributed by atoms with van der Waals surface area (Å²) >= 11 is 0. The van der Waals surface area contributed by atoms with E-state index in [0.29, 0.717) is 13.0 Å². The summed E-state index contributed by atoms with van der Waals surface area (Å²) < 4.78 is 10.9. The van der Waals surface area contributed by atoms with Crippen LogP contribution in [0.3, 0.4) is 0 Å². The number of aliphatic hydroxyl groups is 1. The molecule has 1 saturated heterocycles. The highest BCUT2D eigenvalue weighted by atomic mass is 16.6. The molecule has 1 aliphatic heterocycles. The van der Waals surface area contributed by atoms with Crippen LogP contribution in [0.5, 0.6) is 5.75 Å². The van der Waals surface area contributed by atoms with Gasteiger partial charge in [0.2, 0.25) is 5.91 Å².